The molecule has 1 heterocycles. The molecule has 6 nitrogen and oxygen atoms in total. The number of rotatable bonds is 5. The van der Waals surface area contributed by atoms with Gasteiger partial charge in [0.1, 0.15) is 6.42 Å². The van der Waals surface area contributed by atoms with E-state index >= 15 is 0 Å². The molecule has 0 aliphatic rings. The van der Waals surface area contributed by atoms with Crippen molar-refractivity contribution < 1.29 is 4.79 Å². The summed E-state index contributed by atoms with van der Waals surface area (Å²) >= 11 is 0. The molecule has 0 saturated heterocycles. The Kier molecular flexibility index (Phi) is 4.63. The third kappa shape index (κ3) is 3.65. The number of carbonyl (C=O) groups is 1. The van der Waals surface area contributed by atoms with Crippen molar-refractivity contribution in [2.45, 2.75) is 13.0 Å². The highest BCUT2D eigenvalue weighted by Gasteiger charge is 2.11. The lowest BCUT2D eigenvalue weighted by atomic mass is 10.2. The quantitative estimate of drug-likeness (QED) is 0.754. The summed E-state index contributed by atoms with van der Waals surface area (Å²) < 4.78 is 0. The Morgan fingerprint density at radius 1 is 0.958 bits per heavy atom. The van der Waals surface area contributed by atoms with Crippen LogP contribution >= 0.6 is 0 Å². The van der Waals surface area contributed by atoms with Crippen LogP contribution in [0, 0.1) is 11.3 Å². The molecule has 0 atom stereocenters. The molecule has 6 heteroatoms. The van der Waals surface area contributed by atoms with Gasteiger partial charge in [-0.05, 0) is 17.7 Å². The number of nitrogens with one attached hydrogen (secondary N) is 2. The summed E-state index contributed by atoms with van der Waals surface area (Å²) in [7, 11) is 0. The fourth-order valence-corrected chi connectivity index (χ4v) is 2.24. The van der Waals surface area contributed by atoms with E-state index in [1.807, 2.05) is 60.7 Å². The minimum Gasteiger partial charge on any atom is -0.363 e. The minimum atomic E-state index is -0.412. The lowest BCUT2D eigenvalue weighted by Crippen LogP contribution is -2.15. The minimum absolute atomic E-state index is 0.230. The molecule has 3 aromatic rings. The second-order valence-electron chi connectivity index (χ2n) is 5.13. The van der Waals surface area contributed by atoms with Crippen LogP contribution in [0.25, 0.3) is 11.0 Å². The smallest absolute Gasteiger partial charge is 0.239 e. The highest BCUT2D eigenvalue weighted by Crippen LogP contribution is 2.22. The van der Waals surface area contributed by atoms with Crippen LogP contribution in [0.15, 0.2) is 54.6 Å². The van der Waals surface area contributed by atoms with Gasteiger partial charge < -0.3 is 10.6 Å². The first-order chi connectivity index (χ1) is 11.8. The van der Waals surface area contributed by atoms with Gasteiger partial charge in [-0.1, -0.05) is 42.5 Å². The third-order valence-electron chi connectivity index (χ3n) is 3.37. The van der Waals surface area contributed by atoms with Gasteiger partial charge in [0.15, 0.2) is 11.6 Å². The van der Waals surface area contributed by atoms with Gasteiger partial charge in [0.2, 0.25) is 5.91 Å². The lowest BCUT2D eigenvalue weighted by Gasteiger charge is -2.12. The van der Waals surface area contributed by atoms with E-state index in [1.165, 1.54) is 0 Å². The summed E-state index contributed by atoms with van der Waals surface area (Å²) in [5.41, 5.74) is 2.49. The SMILES string of the molecule is N#CCC(=O)Nc1nc2ccccc2nc1NCc1ccccc1. The van der Waals surface area contributed by atoms with Gasteiger partial charge in [-0.25, -0.2) is 9.97 Å². The Labute approximate surface area is 139 Å². The van der Waals surface area contributed by atoms with E-state index in [2.05, 4.69) is 20.6 Å². The van der Waals surface area contributed by atoms with Gasteiger partial charge in [0.05, 0.1) is 17.1 Å². The number of hydrogen-bond acceptors (Lipinski definition) is 5. The molecule has 2 N–H and O–H groups in total. The van der Waals surface area contributed by atoms with Gasteiger partial charge in [-0.3, -0.25) is 4.79 Å². The summed E-state index contributed by atoms with van der Waals surface area (Å²) in [5, 5.41) is 14.5. The molecule has 0 unspecified atom stereocenters. The van der Waals surface area contributed by atoms with Crippen molar-refractivity contribution in [1.82, 2.24) is 9.97 Å². The largest absolute Gasteiger partial charge is 0.363 e. The average molecular weight is 317 g/mol. The zero-order valence-corrected chi connectivity index (χ0v) is 12.9. The summed E-state index contributed by atoms with van der Waals surface area (Å²) in [6.45, 7) is 0.551. The van der Waals surface area contributed by atoms with E-state index < -0.39 is 5.91 Å². The zero-order valence-electron chi connectivity index (χ0n) is 12.9. The van der Waals surface area contributed by atoms with Crippen molar-refractivity contribution in [3.05, 3.63) is 60.2 Å². The van der Waals surface area contributed by atoms with Crippen LogP contribution in [-0.4, -0.2) is 15.9 Å². The Bertz CT molecular complexity index is 902. The van der Waals surface area contributed by atoms with Crippen LogP contribution in [0.4, 0.5) is 11.6 Å². The molecule has 0 fully saturated rings. The number of para-hydroxylation sites is 2. The van der Waals surface area contributed by atoms with E-state index in [0.29, 0.717) is 23.7 Å². The number of aromatic nitrogens is 2. The number of hydrogen-bond donors (Lipinski definition) is 2. The van der Waals surface area contributed by atoms with E-state index in [9.17, 15) is 4.79 Å². The topological polar surface area (TPSA) is 90.7 Å². The predicted octanol–water partition coefficient (Wildman–Crippen LogP) is 3.09. The molecule has 0 spiro atoms. The van der Waals surface area contributed by atoms with Crippen molar-refractivity contribution in [3.8, 4) is 6.07 Å². The van der Waals surface area contributed by atoms with Crippen LogP contribution in [0.3, 0.4) is 0 Å². The maximum absolute atomic E-state index is 11.7. The van der Waals surface area contributed by atoms with Crippen LogP contribution in [-0.2, 0) is 11.3 Å². The van der Waals surface area contributed by atoms with E-state index in [1.54, 1.807) is 0 Å². The highest BCUT2D eigenvalue weighted by atomic mass is 16.1. The third-order valence-corrected chi connectivity index (χ3v) is 3.37. The molecule has 0 saturated carbocycles. The van der Waals surface area contributed by atoms with Crippen molar-refractivity contribution in [2.75, 3.05) is 10.6 Å². The number of fused-ring (bicyclic) bond motifs is 1. The standard InChI is InChI=1S/C18H15N5O/c19-11-10-16(24)23-18-17(20-12-13-6-2-1-3-7-13)21-14-8-4-5-9-15(14)22-18/h1-9H,10,12H2,(H,20,21)(H,22,23,24). The number of nitriles is 1. The fraction of sp³-hybridized carbons (Fsp3) is 0.111. The van der Waals surface area contributed by atoms with E-state index in [-0.39, 0.29) is 6.42 Å². The molecule has 1 amide bonds. The number of benzene rings is 2. The summed E-state index contributed by atoms with van der Waals surface area (Å²) in [6.07, 6.45) is -0.230. The number of anilines is 2. The normalized spacial score (nSPS) is 10.1. The Morgan fingerprint density at radius 2 is 1.58 bits per heavy atom. The van der Waals surface area contributed by atoms with E-state index in [0.717, 1.165) is 11.1 Å². The van der Waals surface area contributed by atoms with Crippen molar-refractivity contribution >= 4 is 28.6 Å². The molecule has 118 valence electrons. The lowest BCUT2D eigenvalue weighted by molar-refractivity contribution is -0.115. The molecule has 1 aromatic heterocycles. The molecule has 0 radical (unpaired) electrons. The molecule has 0 aliphatic heterocycles. The number of carbonyl (C=O) groups excluding carboxylic acids is 1. The zero-order chi connectivity index (χ0) is 16.8. The molecular formula is C18H15N5O. The van der Waals surface area contributed by atoms with E-state index in [4.69, 9.17) is 5.26 Å². The van der Waals surface area contributed by atoms with Crippen molar-refractivity contribution in [2.24, 2.45) is 0 Å². The average Bonchev–Trinajstić information content (AvgIpc) is 2.61. The molecule has 3 rings (SSSR count). The van der Waals surface area contributed by atoms with Gasteiger partial charge >= 0.3 is 0 Å². The molecule has 24 heavy (non-hydrogen) atoms. The predicted molar refractivity (Wildman–Crippen MR) is 92.2 cm³/mol. The van der Waals surface area contributed by atoms with Crippen LogP contribution in [0.2, 0.25) is 0 Å². The number of amides is 1. The van der Waals surface area contributed by atoms with Crippen LogP contribution < -0.4 is 10.6 Å². The van der Waals surface area contributed by atoms with Gasteiger partial charge in [-0.15, -0.1) is 0 Å². The van der Waals surface area contributed by atoms with Gasteiger partial charge in [0.25, 0.3) is 0 Å². The first kappa shape index (κ1) is 15.4. The van der Waals surface area contributed by atoms with Crippen molar-refractivity contribution in [3.63, 3.8) is 0 Å². The molecule has 2 aromatic carbocycles. The van der Waals surface area contributed by atoms with Gasteiger partial charge in [0, 0.05) is 6.54 Å². The highest BCUT2D eigenvalue weighted by molar-refractivity contribution is 5.95. The Morgan fingerprint density at radius 3 is 2.25 bits per heavy atom. The van der Waals surface area contributed by atoms with Crippen LogP contribution in [0.1, 0.15) is 12.0 Å². The molecule has 0 aliphatic carbocycles. The first-order valence-electron chi connectivity index (χ1n) is 7.47. The van der Waals surface area contributed by atoms with Crippen molar-refractivity contribution in [1.29, 1.82) is 5.26 Å². The van der Waals surface area contributed by atoms with Crippen LogP contribution in [0.5, 0.6) is 0 Å². The summed E-state index contributed by atoms with van der Waals surface area (Å²) in [5.74, 6) is 0.388. The second kappa shape index (κ2) is 7.20. The molecular weight excluding hydrogens is 302 g/mol. The summed E-state index contributed by atoms with van der Waals surface area (Å²) in [4.78, 5) is 20.7. The monoisotopic (exact) mass is 317 g/mol. The summed E-state index contributed by atoms with van der Waals surface area (Å²) in [6, 6.07) is 19.1. The number of nitrogens with zero attached hydrogens (tertiary/aromatic N) is 3. The maximum Gasteiger partial charge on any atom is 0.239 e. The molecule has 0 bridgehead atoms. The Balaban J connectivity index is 1.90. The van der Waals surface area contributed by atoms with Gasteiger partial charge in [-0.2, -0.15) is 5.26 Å². The first-order valence-corrected chi connectivity index (χ1v) is 7.47. The Hall–Kier alpha value is -3.46. The fourth-order valence-electron chi connectivity index (χ4n) is 2.24. The second-order valence-corrected chi connectivity index (χ2v) is 5.13. The maximum atomic E-state index is 11.7.